The molecular formula is C19H16ClO3P. The van der Waals surface area contributed by atoms with Crippen LogP contribution in [0.2, 0.25) is 5.02 Å². The van der Waals surface area contributed by atoms with E-state index in [1.54, 1.807) is 12.1 Å². The molecule has 1 atom stereocenters. The highest BCUT2D eigenvalue weighted by molar-refractivity contribution is 7.32. The molecule has 0 bridgehead atoms. The third kappa shape index (κ3) is 3.31. The standard InChI is InChI=1S/C19H16ClO3P/c20-18-13-11-17(12-14-18)19(23-24(21)22,15-7-3-1-4-8-15)16-9-5-2-6-10-16/h1-14,24H,(H,21,22). The first-order chi connectivity index (χ1) is 11.6. The zero-order valence-electron chi connectivity index (χ0n) is 12.7. The van der Waals surface area contributed by atoms with Crippen molar-refractivity contribution < 1.29 is 14.0 Å². The van der Waals surface area contributed by atoms with Gasteiger partial charge in [0.1, 0.15) is 0 Å². The van der Waals surface area contributed by atoms with Crippen molar-refractivity contribution in [2.45, 2.75) is 5.60 Å². The summed E-state index contributed by atoms with van der Waals surface area (Å²) in [5.74, 6) is 0. The molecule has 5 heteroatoms. The van der Waals surface area contributed by atoms with Gasteiger partial charge in [-0.25, -0.2) is 0 Å². The Bertz CT molecular complexity index is 781. The zero-order valence-corrected chi connectivity index (χ0v) is 14.5. The van der Waals surface area contributed by atoms with Gasteiger partial charge in [-0.3, -0.25) is 9.09 Å². The number of hydrogen-bond donors (Lipinski definition) is 1. The molecule has 3 aromatic rings. The lowest BCUT2D eigenvalue weighted by Gasteiger charge is -2.34. The molecule has 0 aliphatic heterocycles. The molecule has 3 aromatic carbocycles. The van der Waals surface area contributed by atoms with Gasteiger partial charge in [0.05, 0.1) is 0 Å². The van der Waals surface area contributed by atoms with Crippen LogP contribution in [0.5, 0.6) is 0 Å². The molecule has 0 heterocycles. The molecule has 0 saturated heterocycles. The predicted molar refractivity (Wildman–Crippen MR) is 96.5 cm³/mol. The fourth-order valence-corrected chi connectivity index (χ4v) is 3.58. The average Bonchev–Trinajstić information content (AvgIpc) is 2.62. The highest BCUT2D eigenvalue weighted by Gasteiger charge is 2.39. The van der Waals surface area contributed by atoms with Gasteiger partial charge in [0.15, 0.2) is 5.60 Å². The molecule has 0 aliphatic carbocycles. The second-order valence-electron chi connectivity index (χ2n) is 5.29. The lowest BCUT2D eigenvalue weighted by atomic mass is 9.80. The van der Waals surface area contributed by atoms with Gasteiger partial charge in [0.2, 0.25) is 0 Å². The second-order valence-corrected chi connectivity index (χ2v) is 6.46. The highest BCUT2D eigenvalue weighted by Crippen LogP contribution is 2.45. The summed E-state index contributed by atoms with van der Waals surface area (Å²) in [5.41, 5.74) is 1.09. The van der Waals surface area contributed by atoms with Crippen LogP contribution in [0.4, 0.5) is 0 Å². The summed E-state index contributed by atoms with van der Waals surface area (Å²) in [6.07, 6.45) is 0. The van der Waals surface area contributed by atoms with Crippen LogP contribution in [0.25, 0.3) is 0 Å². The Morgan fingerprint density at radius 1 is 0.750 bits per heavy atom. The second kappa shape index (κ2) is 7.33. The Hall–Kier alpha value is -1.90. The van der Waals surface area contributed by atoms with Gasteiger partial charge < -0.3 is 4.89 Å². The fourth-order valence-electron chi connectivity index (χ4n) is 2.84. The quantitative estimate of drug-likeness (QED) is 0.514. The molecule has 1 unspecified atom stereocenters. The summed E-state index contributed by atoms with van der Waals surface area (Å²) in [4.78, 5) is 9.62. The smallest absolute Gasteiger partial charge is 0.318 e. The van der Waals surface area contributed by atoms with Crippen LogP contribution >= 0.6 is 19.9 Å². The van der Waals surface area contributed by atoms with E-state index in [0.29, 0.717) is 5.02 Å². The number of hydrogen-bond acceptors (Lipinski definition) is 2. The van der Waals surface area contributed by atoms with Crippen molar-refractivity contribution in [1.82, 2.24) is 0 Å². The summed E-state index contributed by atoms with van der Waals surface area (Å²) in [6, 6.07) is 25.9. The molecule has 0 aromatic heterocycles. The lowest BCUT2D eigenvalue weighted by molar-refractivity contribution is 0.145. The number of rotatable bonds is 5. The molecule has 122 valence electrons. The van der Waals surface area contributed by atoms with E-state index in [1.807, 2.05) is 72.8 Å². The minimum Gasteiger partial charge on any atom is -0.326 e. The van der Waals surface area contributed by atoms with Gasteiger partial charge in [0, 0.05) is 5.02 Å². The largest absolute Gasteiger partial charge is 0.326 e. The van der Waals surface area contributed by atoms with E-state index < -0.39 is 13.9 Å². The maximum atomic E-state index is 11.7. The number of benzene rings is 3. The minimum atomic E-state index is -3.23. The normalized spacial score (nSPS) is 12.8. The van der Waals surface area contributed by atoms with Crippen LogP contribution in [0, 0.1) is 0 Å². The summed E-state index contributed by atoms with van der Waals surface area (Å²) in [6.45, 7) is 0. The van der Waals surface area contributed by atoms with E-state index in [1.165, 1.54) is 0 Å². The molecule has 0 amide bonds. The molecule has 3 rings (SSSR count). The average molecular weight is 359 g/mol. The molecule has 3 nitrogen and oxygen atoms in total. The zero-order chi connectivity index (χ0) is 17.0. The van der Waals surface area contributed by atoms with Gasteiger partial charge in [-0.05, 0) is 28.8 Å². The van der Waals surface area contributed by atoms with Crippen LogP contribution in [0.15, 0.2) is 84.9 Å². The van der Waals surface area contributed by atoms with Gasteiger partial charge >= 0.3 is 8.25 Å². The molecule has 24 heavy (non-hydrogen) atoms. The summed E-state index contributed by atoms with van der Waals surface area (Å²) in [5, 5.41) is 0.588. The maximum Gasteiger partial charge on any atom is 0.318 e. The van der Waals surface area contributed by atoms with Gasteiger partial charge in [-0.15, -0.1) is 0 Å². The van der Waals surface area contributed by atoms with Crippen molar-refractivity contribution >= 4 is 19.9 Å². The summed E-state index contributed by atoms with van der Waals surface area (Å²) in [7, 11) is -3.23. The van der Waals surface area contributed by atoms with E-state index in [2.05, 4.69) is 0 Å². The molecule has 1 N–H and O–H groups in total. The van der Waals surface area contributed by atoms with Crippen molar-refractivity contribution in [3.05, 3.63) is 107 Å². The summed E-state index contributed by atoms with van der Waals surface area (Å²) >= 11 is 6.01. The van der Waals surface area contributed by atoms with Crippen molar-refractivity contribution in [3.63, 3.8) is 0 Å². The van der Waals surface area contributed by atoms with E-state index in [9.17, 15) is 9.46 Å². The lowest BCUT2D eigenvalue weighted by Crippen LogP contribution is -2.30. The molecule has 0 spiro atoms. The Kier molecular flexibility index (Phi) is 5.17. The molecule has 0 saturated carbocycles. The van der Waals surface area contributed by atoms with Crippen LogP contribution in [-0.4, -0.2) is 4.89 Å². The molecule has 0 radical (unpaired) electrons. The highest BCUT2D eigenvalue weighted by atomic mass is 35.5. The van der Waals surface area contributed by atoms with Crippen LogP contribution < -0.4 is 0 Å². The van der Waals surface area contributed by atoms with Crippen molar-refractivity contribution in [3.8, 4) is 0 Å². The third-order valence-electron chi connectivity index (χ3n) is 3.85. The van der Waals surface area contributed by atoms with Gasteiger partial charge in [0.25, 0.3) is 0 Å². The van der Waals surface area contributed by atoms with E-state index in [4.69, 9.17) is 16.1 Å². The Balaban J connectivity index is 2.32. The maximum absolute atomic E-state index is 11.7. The fraction of sp³-hybridized carbons (Fsp3) is 0.0526. The summed E-state index contributed by atoms with van der Waals surface area (Å²) < 4.78 is 17.4. The first-order valence-electron chi connectivity index (χ1n) is 7.42. The minimum absolute atomic E-state index is 0.588. The van der Waals surface area contributed by atoms with Crippen molar-refractivity contribution in [1.29, 1.82) is 0 Å². The Morgan fingerprint density at radius 3 is 1.58 bits per heavy atom. The monoisotopic (exact) mass is 358 g/mol. The first-order valence-corrected chi connectivity index (χ1v) is 9.06. The van der Waals surface area contributed by atoms with E-state index in [0.717, 1.165) is 16.7 Å². The molecule has 0 fully saturated rings. The third-order valence-corrected chi connectivity index (χ3v) is 4.58. The van der Waals surface area contributed by atoms with Crippen molar-refractivity contribution in [2.24, 2.45) is 0 Å². The van der Waals surface area contributed by atoms with Crippen LogP contribution in [0.1, 0.15) is 16.7 Å². The van der Waals surface area contributed by atoms with Gasteiger partial charge in [-0.2, -0.15) is 0 Å². The SMILES string of the molecule is O=[PH](O)OC(c1ccccc1)(c1ccccc1)c1ccc(Cl)cc1. The van der Waals surface area contributed by atoms with Crippen LogP contribution in [-0.2, 0) is 14.7 Å². The van der Waals surface area contributed by atoms with Crippen LogP contribution in [0.3, 0.4) is 0 Å². The Morgan fingerprint density at radius 2 is 1.17 bits per heavy atom. The van der Waals surface area contributed by atoms with E-state index >= 15 is 0 Å². The molecule has 0 aliphatic rings. The Labute approximate surface area is 146 Å². The predicted octanol–water partition coefficient (Wildman–Crippen LogP) is 5.03. The van der Waals surface area contributed by atoms with Crippen molar-refractivity contribution in [2.75, 3.05) is 0 Å². The number of halogens is 1. The topological polar surface area (TPSA) is 46.5 Å². The van der Waals surface area contributed by atoms with E-state index in [-0.39, 0.29) is 0 Å². The first kappa shape index (κ1) is 16.9. The molecular weight excluding hydrogens is 343 g/mol. The van der Waals surface area contributed by atoms with Gasteiger partial charge in [-0.1, -0.05) is 84.4 Å².